The van der Waals surface area contributed by atoms with E-state index in [1.54, 1.807) is 7.05 Å². The monoisotopic (exact) mass is 415 g/mol. The van der Waals surface area contributed by atoms with Crippen LogP contribution in [0.1, 0.15) is 57.9 Å². The number of anilines is 1. The lowest BCUT2D eigenvalue weighted by Crippen LogP contribution is -2.49. The molecule has 1 aliphatic carbocycles. The number of hydrogen-bond acceptors (Lipinski definition) is 5. The van der Waals surface area contributed by atoms with Crippen molar-refractivity contribution in [3.8, 4) is 0 Å². The number of fused-ring (bicyclic) bond motifs is 1. The first-order chi connectivity index (χ1) is 14.5. The van der Waals surface area contributed by atoms with Crippen LogP contribution in [-0.4, -0.2) is 48.7 Å². The first-order valence-electron chi connectivity index (χ1n) is 11.0. The second kappa shape index (κ2) is 10.1. The van der Waals surface area contributed by atoms with Crippen LogP contribution in [-0.2, 0) is 14.3 Å². The number of nitrogens with zero attached hydrogens (tertiary/aromatic N) is 2. The molecule has 0 saturated heterocycles. The zero-order valence-corrected chi connectivity index (χ0v) is 18.1. The molecule has 1 saturated carbocycles. The van der Waals surface area contributed by atoms with Gasteiger partial charge in [0.25, 0.3) is 5.91 Å². The maximum Gasteiger partial charge on any atom is 0.272 e. The van der Waals surface area contributed by atoms with Crippen LogP contribution in [0, 0.1) is 11.8 Å². The number of amides is 2. The van der Waals surface area contributed by atoms with E-state index in [1.165, 1.54) is 4.90 Å². The third kappa shape index (κ3) is 5.19. The van der Waals surface area contributed by atoms with Crippen LogP contribution in [0.15, 0.2) is 29.3 Å². The molecule has 1 aliphatic heterocycles. The van der Waals surface area contributed by atoms with Gasteiger partial charge in [-0.3, -0.25) is 9.59 Å². The molecular weight excluding hydrogens is 382 g/mol. The van der Waals surface area contributed by atoms with Crippen molar-refractivity contribution in [2.75, 3.05) is 18.6 Å². The number of nitrogens with one attached hydrogen (secondary N) is 1. The van der Waals surface area contributed by atoms with Crippen LogP contribution >= 0.6 is 0 Å². The van der Waals surface area contributed by atoms with Gasteiger partial charge in [-0.15, -0.1) is 0 Å². The second-order valence-electron chi connectivity index (χ2n) is 8.19. The lowest BCUT2D eigenvalue weighted by atomic mass is 9.91. The Morgan fingerprint density at radius 1 is 1.33 bits per heavy atom. The van der Waals surface area contributed by atoms with E-state index >= 15 is 0 Å². The molecule has 0 aromatic heterocycles. The van der Waals surface area contributed by atoms with Gasteiger partial charge in [0.05, 0.1) is 29.9 Å². The van der Waals surface area contributed by atoms with Crippen LogP contribution in [0.4, 0.5) is 5.69 Å². The van der Waals surface area contributed by atoms with Crippen molar-refractivity contribution in [2.45, 2.75) is 64.6 Å². The summed E-state index contributed by atoms with van der Waals surface area (Å²) in [5.74, 6) is -0.363. The topological polar surface area (TPSA) is 91.2 Å². The van der Waals surface area contributed by atoms with E-state index in [0.29, 0.717) is 42.5 Å². The molecule has 2 unspecified atom stereocenters. The Hall–Kier alpha value is -2.41. The Labute approximate surface area is 178 Å². The van der Waals surface area contributed by atoms with Crippen LogP contribution < -0.4 is 10.2 Å². The summed E-state index contributed by atoms with van der Waals surface area (Å²) in [5, 5.41) is 13.4. The standard InChI is InChI=1S/C23H33N3O4/c1-4-6-11-19(27)17(14-15-12-13-15)21(28)24-20-23(29)26(3)18-10-8-7-9-16(18)22(25-20)30-5-2/h7-10,15,17,19-20,27H,4-6,11-14H2,1-3H3,(H,24,28)/t17?,19?,20-/m0/s1. The molecule has 30 heavy (non-hydrogen) atoms. The van der Waals surface area contributed by atoms with Crippen molar-refractivity contribution >= 4 is 23.4 Å². The molecular formula is C23H33N3O4. The van der Waals surface area contributed by atoms with E-state index in [0.717, 1.165) is 25.7 Å². The van der Waals surface area contributed by atoms with E-state index in [4.69, 9.17) is 4.74 Å². The summed E-state index contributed by atoms with van der Waals surface area (Å²) < 4.78 is 5.70. The highest BCUT2D eigenvalue weighted by Gasteiger charge is 2.37. The number of carbonyl (C=O) groups excluding carboxylic acids is 2. The molecule has 7 heteroatoms. The molecule has 3 rings (SSSR count). The van der Waals surface area contributed by atoms with Crippen LogP contribution in [0.3, 0.4) is 0 Å². The number of hydrogen-bond donors (Lipinski definition) is 2. The number of para-hydroxylation sites is 1. The molecule has 1 aromatic rings. The molecule has 164 valence electrons. The van der Waals surface area contributed by atoms with Gasteiger partial charge in [0.2, 0.25) is 18.0 Å². The molecule has 1 heterocycles. The smallest absolute Gasteiger partial charge is 0.272 e. The van der Waals surface area contributed by atoms with Crippen molar-refractivity contribution in [1.29, 1.82) is 0 Å². The molecule has 2 amide bonds. The highest BCUT2D eigenvalue weighted by atomic mass is 16.5. The van der Waals surface area contributed by atoms with E-state index in [9.17, 15) is 14.7 Å². The molecule has 0 spiro atoms. The summed E-state index contributed by atoms with van der Waals surface area (Å²) in [7, 11) is 1.67. The van der Waals surface area contributed by atoms with Crippen LogP contribution in [0.25, 0.3) is 0 Å². The maximum absolute atomic E-state index is 13.1. The number of carbonyl (C=O) groups is 2. The van der Waals surface area contributed by atoms with Crippen molar-refractivity contribution in [2.24, 2.45) is 16.8 Å². The number of unbranched alkanes of at least 4 members (excludes halogenated alkanes) is 1. The summed E-state index contributed by atoms with van der Waals surface area (Å²) in [6.07, 6.45) is 3.44. The molecule has 1 aromatic carbocycles. The third-order valence-corrected chi connectivity index (χ3v) is 5.81. The summed E-state index contributed by atoms with van der Waals surface area (Å²) in [6.45, 7) is 4.31. The molecule has 7 nitrogen and oxygen atoms in total. The van der Waals surface area contributed by atoms with Crippen LogP contribution in [0.5, 0.6) is 0 Å². The zero-order valence-electron chi connectivity index (χ0n) is 18.1. The first-order valence-corrected chi connectivity index (χ1v) is 11.0. The lowest BCUT2D eigenvalue weighted by molar-refractivity contribution is -0.133. The second-order valence-corrected chi connectivity index (χ2v) is 8.19. The zero-order chi connectivity index (χ0) is 21.7. The summed E-state index contributed by atoms with van der Waals surface area (Å²) >= 11 is 0. The van der Waals surface area contributed by atoms with Gasteiger partial charge in [-0.25, -0.2) is 4.99 Å². The minimum atomic E-state index is -1.09. The number of likely N-dealkylation sites (N-methyl/N-ethyl adjacent to an activating group) is 1. The number of benzene rings is 1. The van der Waals surface area contributed by atoms with Gasteiger partial charge in [-0.05, 0) is 37.8 Å². The fraction of sp³-hybridized carbons (Fsp3) is 0.609. The van der Waals surface area contributed by atoms with Gasteiger partial charge in [0.1, 0.15) is 0 Å². The lowest BCUT2D eigenvalue weighted by Gasteiger charge is -2.25. The minimum absolute atomic E-state index is 0.317. The minimum Gasteiger partial charge on any atom is -0.478 e. The maximum atomic E-state index is 13.1. The average molecular weight is 416 g/mol. The van der Waals surface area contributed by atoms with E-state index in [-0.39, 0.29) is 11.8 Å². The predicted octanol–water partition coefficient (Wildman–Crippen LogP) is 2.86. The Bertz CT molecular complexity index is 790. The average Bonchev–Trinajstić information content (AvgIpc) is 3.58. The molecule has 0 bridgehead atoms. The fourth-order valence-electron chi connectivity index (χ4n) is 3.84. The third-order valence-electron chi connectivity index (χ3n) is 5.81. The van der Waals surface area contributed by atoms with Crippen molar-refractivity contribution in [1.82, 2.24) is 5.32 Å². The van der Waals surface area contributed by atoms with Crippen molar-refractivity contribution < 1.29 is 19.4 Å². The van der Waals surface area contributed by atoms with Gasteiger partial charge in [0.15, 0.2) is 0 Å². The fourth-order valence-corrected chi connectivity index (χ4v) is 3.84. The van der Waals surface area contributed by atoms with Gasteiger partial charge in [0, 0.05) is 7.05 Å². The Morgan fingerprint density at radius 2 is 2.07 bits per heavy atom. The summed E-state index contributed by atoms with van der Waals surface area (Å²) in [6, 6.07) is 7.39. The number of aliphatic hydroxyl groups excluding tert-OH is 1. The van der Waals surface area contributed by atoms with Crippen molar-refractivity contribution in [3.63, 3.8) is 0 Å². The number of rotatable bonds is 9. The van der Waals surface area contributed by atoms with E-state index in [1.807, 2.05) is 31.2 Å². The molecule has 3 atom stereocenters. The highest BCUT2D eigenvalue weighted by Crippen LogP contribution is 2.37. The van der Waals surface area contributed by atoms with Crippen molar-refractivity contribution in [3.05, 3.63) is 29.8 Å². The molecule has 2 aliphatic rings. The quantitative estimate of drug-likeness (QED) is 0.649. The van der Waals surface area contributed by atoms with Gasteiger partial charge in [-0.2, -0.15) is 0 Å². The van der Waals surface area contributed by atoms with Gasteiger partial charge >= 0.3 is 0 Å². The number of aliphatic hydroxyl groups is 1. The highest BCUT2D eigenvalue weighted by molar-refractivity contribution is 6.10. The SMILES string of the molecule is CCCCC(O)C(CC1CC1)C(=O)N[C@H]1N=C(OCC)c2ccccc2N(C)C1=O. The normalized spacial score (nSPS) is 20.7. The molecule has 2 N–H and O–H groups in total. The van der Waals surface area contributed by atoms with Gasteiger partial charge in [-0.1, -0.05) is 44.7 Å². The van der Waals surface area contributed by atoms with E-state index in [2.05, 4.69) is 17.2 Å². The Balaban J connectivity index is 1.83. The molecule has 0 radical (unpaired) electrons. The van der Waals surface area contributed by atoms with Gasteiger partial charge < -0.3 is 20.1 Å². The largest absolute Gasteiger partial charge is 0.478 e. The number of ether oxygens (including phenoxy) is 1. The summed E-state index contributed by atoms with van der Waals surface area (Å²) in [4.78, 5) is 32.2. The predicted molar refractivity (Wildman–Crippen MR) is 116 cm³/mol. The summed E-state index contributed by atoms with van der Waals surface area (Å²) in [5.41, 5.74) is 1.40. The number of benzodiazepines with no additional fused rings is 1. The molecule has 1 fully saturated rings. The number of aliphatic imine (C=N–C) groups is 1. The first kappa shape index (κ1) is 22.3. The Morgan fingerprint density at radius 3 is 2.73 bits per heavy atom. The van der Waals surface area contributed by atoms with E-state index < -0.39 is 18.2 Å². The Kier molecular flexibility index (Phi) is 7.48. The van der Waals surface area contributed by atoms with Crippen LogP contribution in [0.2, 0.25) is 0 Å².